The van der Waals surface area contributed by atoms with Gasteiger partial charge in [0, 0.05) is 24.5 Å². The maximum Gasteiger partial charge on any atom is 0.416 e. The maximum atomic E-state index is 13.6. The molecule has 37 heavy (non-hydrogen) atoms. The summed E-state index contributed by atoms with van der Waals surface area (Å²) in [6, 6.07) is 17.2. The first kappa shape index (κ1) is 26.0. The Bertz CT molecular complexity index is 1420. The zero-order valence-electron chi connectivity index (χ0n) is 19.6. The van der Waals surface area contributed by atoms with Gasteiger partial charge in [-0.1, -0.05) is 48.5 Å². The first-order valence-corrected chi connectivity index (χ1v) is 11.0. The van der Waals surface area contributed by atoms with Crippen LogP contribution in [0.15, 0.2) is 72.8 Å². The van der Waals surface area contributed by atoms with Crippen molar-refractivity contribution in [1.82, 2.24) is 9.88 Å². The number of alkyl halides is 6. The van der Waals surface area contributed by atoms with Gasteiger partial charge in [-0.3, -0.25) is 4.79 Å². The topological polar surface area (TPSA) is 42.4 Å². The van der Waals surface area contributed by atoms with Crippen molar-refractivity contribution in [2.45, 2.75) is 18.9 Å². The molecule has 10 heteroatoms. The van der Waals surface area contributed by atoms with Crippen molar-refractivity contribution < 1.29 is 35.9 Å². The molecule has 192 valence electrons. The van der Waals surface area contributed by atoms with Crippen molar-refractivity contribution in [3.63, 3.8) is 0 Å². The Morgan fingerprint density at radius 1 is 0.838 bits per heavy atom. The Hall–Kier alpha value is -4.08. The Morgan fingerprint density at radius 2 is 1.38 bits per heavy atom. The van der Waals surface area contributed by atoms with Gasteiger partial charge in [0.15, 0.2) is 0 Å². The fraction of sp³-hybridized carbons (Fsp3) is 0.185. The van der Waals surface area contributed by atoms with E-state index < -0.39 is 35.9 Å². The highest BCUT2D eigenvalue weighted by Crippen LogP contribution is 2.38. The van der Waals surface area contributed by atoms with Gasteiger partial charge in [-0.2, -0.15) is 26.3 Å². The van der Waals surface area contributed by atoms with E-state index in [9.17, 15) is 31.1 Å². The minimum absolute atomic E-state index is 0.0488. The van der Waals surface area contributed by atoms with Gasteiger partial charge in [0.25, 0.3) is 5.91 Å². The highest BCUT2D eigenvalue weighted by molar-refractivity contribution is 6.09. The van der Waals surface area contributed by atoms with E-state index in [4.69, 9.17) is 4.74 Å². The Labute approximate surface area is 208 Å². The van der Waals surface area contributed by atoms with Gasteiger partial charge < -0.3 is 9.64 Å². The summed E-state index contributed by atoms with van der Waals surface area (Å²) in [7, 11) is 2.67. The predicted octanol–water partition coefficient (Wildman–Crippen LogP) is 7.22. The van der Waals surface area contributed by atoms with Crippen molar-refractivity contribution in [3.05, 3.63) is 95.2 Å². The molecule has 0 N–H and O–H groups in total. The van der Waals surface area contributed by atoms with Crippen LogP contribution in [0.3, 0.4) is 0 Å². The van der Waals surface area contributed by atoms with Gasteiger partial charge in [-0.25, -0.2) is 4.98 Å². The van der Waals surface area contributed by atoms with E-state index in [1.165, 1.54) is 14.2 Å². The van der Waals surface area contributed by atoms with Gasteiger partial charge in [0.2, 0.25) is 5.88 Å². The molecule has 4 rings (SSSR count). The average molecular weight is 518 g/mol. The van der Waals surface area contributed by atoms with E-state index in [0.717, 1.165) is 4.90 Å². The summed E-state index contributed by atoms with van der Waals surface area (Å²) >= 11 is 0. The monoisotopic (exact) mass is 518 g/mol. The number of carbonyl (C=O) groups is 1. The average Bonchev–Trinajstić information content (AvgIpc) is 2.86. The molecule has 4 nitrogen and oxygen atoms in total. The third-order valence-corrected chi connectivity index (χ3v) is 5.75. The number of fused-ring (bicyclic) bond motifs is 1. The molecule has 1 aromatic heterocycles. The summed E-state index contributed by atoms with van der Waals surface area (Å²) in [6.45, 7) is -0.517. The van der Waals surface area contributed by atoms with Crippen LogP contribution in [0.4, 0.5) is 26.3 Å². The summed E-state index contributed by atoms with van der Waals surface area (Å²) in [5, 5.41) is 1.28. The van der Waals surface area contributed by atoms with Crippen LogP contribution in [0.2, 0.25) is 0 Å². The molecule has 1 heterocycles. The molecule has 0 bridgehead atoms. The molecule has 4 aromatic rings. The van der Waals surface area contributed by atoms with E-state index in [1.807, 2.05) is 0 Å². The Kier molecular flexibility index (Phi) is 6.86. The molecule has 0 aliphatic rings. The quantitative estimate of drug-likeness (QED) is 0.262. The lowest BCUT2D eigenvalue weighted by Gasteiger charge is -2.22. The van der Waals surface area contributed by atoms with Crippen LogP contribution in [-0.2, 0) is 18.9 Å². The standard InChI is InChI=1S/C27H20F6N2O2/c1-35(15-16-12-18(26(28,29)30)14-19(13-16)27(31,32)33)25(36)23-22(17-8-4-3-5-9-17)20-10-6-7-11-21(20)24(34-23)37-2/h3-14H,15H2,1-2H3. The summed E-state index contributed by atoms with van der Waals surface area (Å²) in [6.07, 6.45) is -9.99. The van der Waals surface area contributed by atoms with Crippen molar-refractivity contribution >= 4 is 16.7 Å². The molecule has 0 saturated carbocycles. The third-order valence-electron chi connectivity index (χ3n) is 5.75. The summed E-state index contributed by atoms with van der Waals surface area (Å²) in [4.78, 5) is 19.0. The number of hydrogen-bond acceptors (Lipinski definition) is 3. The molecule has 0 fully saturated rings. The second-order valence-electron chi connectivity index (χ2n) is 8.33. The lowest BCUT2D eigenvalue weighted by Crippen LogP contribution is -2.28. The smallest absolute Gasteiger partial charge is 0.416 e. The van der Waals surface area contributed by atoms with Gasteiger partial charge >= 0.3 is 12.4 Å². The highest BCUT2D eigenvalue weighted by atomic mass is 19.4. The summed E-state index contributed by atoms with van der Waals surface area (Å²) in [5.41, 5.74) is -2.15. The largest absolute Gasteiger partial charge is 0.481 e. The van der Waals surface area contributed by atoms with Crippen LogP contribution in [0.1, 0.15) is 27.2 Å². The SMILES string of the molecule is COc1nc(C(=O)N(C)Cc2cc(C(F)(F)F)cc(C(F)(F)F)c2)c(-c2ccccc2)c2ccccc12. The molecule has 0 unspecified atom stereocenters. The van der Waals surface area contributed by atoms with Crippen LogP contribution in [-0.4, -0.2) is 29.9 Å². The number of benzene rings is 3. The lowest BCUT2D eigenvalue weighted by atomic mass is 9.96. The van der Waals surface area contributed by atoms with E-state index in [-0.39, 0.29) is 23.2 Å². The molecule has 3 aromatic carbocycles. The Balaban J connectivity index is 1.82. The van der Waals surface area contributed by atoms with Gasteiger partial charge in [-0.15, -0.1) is 0 Å². The van der Waals surface area contributed by atoms with Crippen LogP contribution in [0.5, 0.6) is 5.88 Å². The summed E-state index contributed by atoms with van der Waals surface area (Å²) < 4.78 is 85.2. The fourth-order valence-corrected chi connectivity index (χ4v) is 4.08. The van der Waals surface area contributed by atoms with E-state index >= 15 is 0 Å². The third kappa shape index (κ3) is 5.37. The molecular weight excluding hydrogens is 498 g/mol. The molecule has 1 amide bonds. The number of nitrogens with zero attached hydrogens (tertiary/aromatic N) is 2. The lowest BCUT2D eigenvalue weighted by molar-refractivity contribution is -0.143. The van der Waals surface area contributed by atoms with Crippen molar-refractivity contribution in [2.75, 3.05) is 14.2 Å². The molecule has 0 aliphatic carbocycles. The van der Waals surface area contributed by atoms with E-state index in [0.29, 0.717) is 34.0 Å². The molecule has 0 saturated heterocycles. The number of pyridine rings is 1. The number of methoxy groups -OCH3 is 1. The minimum Gasteiger partial charge on any atom is -0.481 e. The van der Waals surface area contributed by atoms with Crippen LogP contribution < -0.4 is 4.74 Å². The van der Waals surface area contributed by atoms with Gasteiger partial charge in [0.05, 0.1) is 18.2 Å². The van der Waals surface area contributed by atoms with Gasteiger partial charge in [-0.05, 0) is 40.8 Å². The second-order valence-corrected chi connectivity index (χ2v) is 8.33. The molecule has 0 spiro atoms. The number of halogens is 6. The predicted molar refractivity (Wildman–Crippen MR) is 126 cm³/mol. The zero-order valence-corrected chi connectivity index (χ0v) is 19.6. The molecular formula is C27H20F6N2O2. The van der Waals surface area contributed by atoms with Crippen LogP contribution in [0.25, 0.3) is 21.9 Å². The maximum absolute atomic E-state index is 13.6. The van der Waals surface area contributed by atoms with Crippen LogP contribution >= 0.6 is 0 Å². The molecule has 0 radical (unpaired) electrons. The summed E-state index contributed by atoms with van der Waals surface area (Å²) in [5.74, 6) is -0.542. The first-order chi connectivity index (χ1) is 17.4. The van der Waals surface area contributed by atoms with Gasteiger partial charge in [0.1, 0.15) is 5.69 Å². The number of hydrogen-bond donors (Lipinski definition) is 0. The number of amides is 1. The van der Waals surface area contributed by atoms with E-state index in [2.05, 4.69) is 4.98 Å². The zero-order chi connectivity index (χ0) is 27.0. The number of ether oxygens (including phenoxy) is 1. The molecule has 0 atom stereocenters. The van der Waals surface area contributed by atoms with E-state index in [1.54, 1.807) is 54.6 Å². The fourth-order valence-electron chi connectivity index (χ4n) is 4.08. The number of aromatic nitrogens is 1. The minimum atomic E-state index is -4.99. The van der Waals surface area contributed by atoms with Crippen molar-refractivity contribution in [3.8, 4) is 17.0 Å². The second kappa shape index (κ2) is 9.76. The van der Waals surface area contributed by atoms with Crippen molar-refractivity contribution in [1.29, 1.82) is 0 Å². The number of carbonyl (C=O) groups excluding carboxylic acids is 1. The normalized spacial score (nSPS) is 12.0. The van der Waals surface area contributed by atoms with Crippen LogP contribution in [0, 0.1) is 0 Å². The van der Waals surface area contributed by atoms with Crippen molar-refractivity contribution in [2.24, 2.45) is 0 Å². The first-order valence-electron chi connectivity index (χ1n) is 11.0. The molecule has 0 aliphatic heterocycles. The highest BCUT2D eigenvalue weighted by Gasteiger charge is 2.37. The Morgan fingerprint density at radius 3 is 1.92 bits per heavy atom. The number of rotatable bonds is 5.